The summed E-state index contributed by atoms with van der Waals surface area (Å²) >= 11 is 3.08. The minimum absolute atomic E-state index is 0.0148. The first-order valence-electron chi connectivity index (χ1n) is 4.98. The maximum absolute atomic E-state index is 13.6. The fraction of sp³-hybridized carbons (Fsp3) is 0.364. The maximum atomic E-state index is 13.6. The maximum Gasteiger partial charge on any atom is 0.331 e. The lowest BCUT2D eigenvalue weighted by Gasteiger charge is -2.10. The average molecular weight is 325 g/mol. The minimum atomic E-state index is -1.09. The second-order valence-electron chi connectivity index (χ2n) is 3.30. The summed E-state index contributed by atoms with van der Waals surface area (Å²) in [7, 11) is 1.23. The molecule has 0 bridgehead atoms. The Morgan fingerprint density at radius 1 is 1.44 bits per heavy atom. The molecule has 0 fully saturated rings. The lowest BCUT2D eigenvalue weighted by atomic mass is 10.1. The summed E-state index contributed by atoms with van der Waals surface area (Å²) in [6.07, 6.45) is -0.0148. The number of hydrogen-bond donors (Lipinski definition) is 1. The van der Waals surface area contributed by atoms with Crippen molar-refractivity contribution in [3.05, 3.63) is 27.7 Å². The number of carbonyl (C=O) groups is 1. The van der Waals surface area contributed by atoms with Crippen LogP contribution in [0.2, 0.25) is 0 Å². The van der Waals surface area contributed by atoms with Gasteiger partial charge in [-0.05, 0) is 6.07 Å². The molecule has 0 saturated carbocycles. The van der Waals surface area contributed by atoms with Crippen molar-refractivity contribution >= 4 is 21.9 Å². The molecule has 100 valence electrons. The molecule has 0 aliphatic heterocycles. The van der Waals surface area contributed by atoms with Gasteiger partial charge in [-0.25, -0.2) is 9.18 Å². The summed E-state index contributed by atoms with van der Waals surface area (Å²) < 4.78 is 36.6. The summed E-state index contributed by atoms with van der Waals surface area (Å²) in [4.78, 5) is 10.7. The Balaban J connectivity index is 2.83. The predicted molar refractivity (Wildman–Crippen MR) is 62.4 cm³/mol. The van der Waals surface area contributed by atoms with Crippen molar-refractivity contribution in [1.29, 1.82) is 0 Å². The molecule has 4 nitrogen and oxygen atoms in total. The minimum Gasteiger partial charge on any atom is -0.494 e. The smallest absolute Gasteiger partial charge is 0.331 e. The van der Waals surface area contributed by atoms with Crippen LogP contribution < -0.4 is 4.74 Å². The average Bonchev–Trinajstić information content (AvgIpc) is 2.37. The van der Waals surface area contributed by atoms with Crippen molar-refractivity contribution in [2.75, 3.05) is 20.3 Å². The van der Waals surface area contributed by atoms with Crippen LogP contribution >= 0.6 is 15.9 Å². The van der Waals surface area contributed by atoms with E-state index in [1.807, 2.05) is 0 Å². The summed E-state index contributed by atoms with van der Waals surface area (Å²) in [5.74, 6) is -3.18. The number of rotatable bonds is 5. The first-order valence-corrected chi connectivity index (χ1v) is 5.77. The Kier molecular flexibility index (Phi) is 5.49. The van der Waals surface area contributed by atoms with Crippen LogP contribution in [0, 0.1) is 11.6 Å². The number of ether oxygens (including phenoxy) is 2. The number of halogens is 3. The van der Waals surface area contributed by atoms with Crippen LogP contribution in [-0.2, 0) is 16.0 Å². The van der Waals surface area contributed by atoms with E-state index in [1.54, 1.807) is 0 Å². The SMILES string of the molecule is COc1cc(Br)c(CCOC(=O)CO)c(F)c1F. The number of benzene rings is 1. The highest BCUT2D eigenvalue weighted by atomic mass is 79.9. The monoisotopic (exact) mass is 324 g/mol. The van der Waals surface area contributed by atoms with Gasteiger partial charge in [-0.1, -0.05) is 15.9 Å². The molecule has 18 heavy (non-hydrogen) atoms. The van der Waals surface area contributed by atoms with Crippen LogP contribution in [0.15, 0.2) is 10.5 Å². The first kappa shape index (κ1) is 14.8. The largest absolute Gasteiger partial charge is 0.494 e. The van der Waals surface area contributed by atoms with Crippen molar-refractivity contribution in [3.63, 3.8) is 0 Å². The highest BCUT2D eigenvalue weighted by Gasteiger charge is 2.18. The number of esters is 1. The van der Waals surface area contributed by atoms with Crippen LogP contribution in [0.1, 0.15) is 5.56 Å². The van der Waals surface area contributed by atoms with E-state index in [0.717, 1.165) is 0 Å². The summed E-state index contributed by atoms with van der Waals surface area (Å²) in [6.45, 7) is -0.901. The molecule has 0 spiro atoms. The normalized spacial score (nSPS) is 10.3. The zero-order valence-electron chi connectivity index (χ0n) is 9.50. The third kappa shape index (κ3) is 3.39. The highest BCUT2D eigenvalue weighted by Crippen LogP contribution is 2.30. The molecule has 0 aliphatic carbocycles. The van der Waals surface area contributed by atoms with E-state index in [9.17, 15) is 13.6 Å². The van der Waals surface area contributed by atoms with Crippen molar-refractivity contribution in [2.45, 2.75) is 6.42 Å². The number of hydrogen-bond acceptors (Lipinski definition) is 4. The molecule has 0 aliphatic rings. The van der Waals surface area contributed by atoms with Crippen LogP contribution in [0.4, 0.5) is 8.78 Å². The Morgan fingerprint density at radius 2 is 2.11 bits per heavy atom. The summed E-state index contributed by atoms with van der Waals surface area (Å²) in [5, 5.41) is 8.42. The Morgan fingerprint density at radius 3 is 2.67 bits per heavy atom. The van der Waals surface area contributed by atoms with E-state index >= 15 is 0 Å². The lowest BCUT2D eigenvalue weighted by molar-refractivity contribution is -0.146. The van der Waals surface area contributed by atoms with Crippen LogP contribution in [0.25, 0.3) is 0 Å². The van der Waals surface area contributed by atoms with Crippen molar-refractivity contribution in [1.82, 2.24) is 0 Å². The van der Waals surface area contributed by atoms with Crippen molar-refractivity contribution in [3.8, 4) is 5.75 Å². The molecular weight excluding hydrogens is 314 g/mol. The van der Waals surface area contributed by atoms with Crippen LogP contribution in [0.5, 0.6) is 5.75 Å². The van der Waals surface area contributed by atoms with Gasteiger partial charge in [-0.15, -0.1) is 0 Å². The molecule has 7 heteroatoms. The quantitative estimate of drug-likeness (QED) is 0.663. The first-order chi connectivity index (χ1) is 8.51. The van der Waals surface area contributed by atoms with Gasteiger partial charge in [0.25, 0.3) is 0 Å². The third-order valence-corrected chi connectivity index (χ3v) is 2.89. The molecule has 0 heterocycles. The second-order valence-corrected chi connectivity index (χ2v) is 4.15. The summed E-state index contributed by atoms with van der Waals surface area (Å²) in [5.41, 5.74) is 0.0408. The molecule has 0 atom stereocenters. The number of aliphatic hydroxyl groups is 1. The Hall–Kier alpha value is -1.21. The molecule has 0 radical (unpaired) electrons. The van der Waals surface area contributed by atoms with E-state index in [0.29, 0.717) is 4.47 Å². The fourth-order valence-electron chi connectivity index (χ4n) is 1.30. The molecule has 1 N–H and O–H groups in total. The van der Waals surface area contributed by atoms with E-state index in [2.05, 4.69) is 25.4 Å². The van der Waals surface area contributed by atoms with Gasteiger partial charge >= 0.3 is 5.97 Å². The van der Waals surface area contributed by atoms with Gasteiger partial charge in [-0.3, -0.25) is 0 Å². The molecule has 0 amide bonds. The molecule has 0 aromatic heterocycles. The van der Waals surface area contributed by atoms with Gasteiger partial charge in [0.2, 0.25) is 5.82 Å². The molecular formula is C11H11BrF2O4. The third-order valence-electron chi connectivity index (χ3n) is 2.18. The second kappa shape index (κ2) is 6.65. The Labute approximate surface area is 111 Å². The lowest BCUT2D eigenvalue weighted by Crippen LogP contribution is -2.12. The predicted octanol–water partition coefficient (Wildman–Crippen LogP) is 1.81. The van der Waals surface area contributed by atoms with E-state index < -0.39 is 24.2 Å². The topological polar surface area (TPSA) is 55.8 Å². The van der Waals surface area contributed by atoms with Gasteiger partial charge in [0.05, 0.1) is 13.7 Å². The highest BCUT2D eigenvalue weighted by molar-refractivity contribution is 9.10. The molecule has 0 saturated heterocycles. The van der Waals surface area contributed by atoms with Gasteiger partial charge in [0, 0.05) is 16.5 Å². The summed E-state index contributed by atoms with van der Waals surface area (Å²) in [6, 6.07) is 1.29. The molecule has 0 unspecified atom stereocenters. The standard InChI is InChI=1S/C11H11BrF2O4/c1-17-8-4-7(12)6(10(13)11(8)14)2-3-18-9(16)5-15/h4,15H,2-3,5H2,1H3. The molecule has 1 aromatic carbocycles. The molecule has 1 aromatic rings. The van der Waals surface area contributed by atoms with Crippen LogP contribution in [-0.4, -0.2) is 31.4 Å². The number of carbonyl (C=O) groups excluding carboxylic acids is 1. The molecule has 1 rings (SSSR count). The van der Waals surface area contributed by atoms with Gasteiger partial charge in [-0.2, -0.15) is 4.39 Å². The zero-order chi connectivity index (χ0) is 13.7. The Bertz CT molecular complexity index is 451. The zero-order valence-corrected chi connectivity index (χ0v) is 11.1. The van der Waals surface area contributed by atoms with Crippen molar-refractivity contribution in [2.24, 2.45) is 0 Å². The van der Waals surface area contributed by atoms with Crippen molar-refractivity contribution < 1.29 is 28.2 Å². The van der Waals surface area contributed by atoms with E-state index in [-0.39, 0.29) is 24.3 Å². The van der Waals surface area contributed by atoms with Gasteiger partial charge in [0.15, 0.2) is 11.6 Å². The fourth-order valence-corrected chi connectivity index (χ4v) is 1.88. The van der Waals surface area contributed by atoms with E-state index in [1.165, 1.54) is 13.2 Å². The number of methoxy groups -OCH3 is 1. The number of aliphatic hydroxyl groups excluding tert-OH is 1. The van der Waals surface area contributed by atoms with Gasteiger partial charge in [0.1, 0.15) is 6.61 Å². The van der Waals surface area contributed by atoms with Crippen LogP contribution in [0.3, 0.4) is 0 Å². The van der Waals surface area contributed by atoms with Gasteiger partial charge < -0.3 is 14.6 Å². The van der Waals surface area contributed by atoms with E-state index in [4.69, 9.17) is 5.11 Å².